The van der Waals surface area contributed by atoms with Crippen molar-refractivity contribution in [3.63, 3.8) is 0 Å². The van der Waals surface area contributed by atoms with Crippen LogP contribution in [0.25, 0.3) is 16.6 Å². The zero-order valence-corrected chi connectivity index (χ0v) is 9.22. The van der Waals surface area contributed by atoms with E-state index in [1.807, 2.05) is 47.1 Å². The highest BCUT2D eigenvalue weighted by Crippen LogP contribution is 2.22. The highest BCUT2D eigenvalue weighted by molar-refractivity contribution is 6.30. The normalized spacial score (nSPS) is 10.8. The first kappa shape index (κ1) is 9.43. The summed E-state index contributed by atoms with van der Waals surface area (Å²) in [6.07, 6.45) is 5.68. The number of hydrogen-bond acceptors (Lipinski definition) is 1. The first-order valence-corrected chi connectivity index (χ1v) is 5.38. The van der Waals surface area contributed by atoms with Crippen molar-refractivity contribution in [2.24, 2.45) is 0 Å². The highest BCUT2D eigenvalue weighted by Gasteiger charge is 2.00. The van der Waals surface area contributed by atoms with Crippen molar-refractivity contribution < 1.29 is 0 Å². The van der Waals surface area contributed by atoms with Crippen LogP contribution in [0.15, 0.2) is 55.1 Å². The summed E-state index contributed by atoms with van der Waals surface area (Å²) < 4.78 is 2.00. The molecule has 3 aromatic rings. The molecule has 0 aliphatic carbocycles. The fourth-order valence-corrected chi connectivity index (χ4v) is 1.95. The van der Waals surface area contributed by atoms with Gasteiger partial charge in [-0.25, -0.2) is 4.98 Å². The molecule has 0 radical (unpaired) electrons. The standard InChI is InChI=1S/C13H9ClN2/c14-12-3-1-2-10(6-12)11-4-5-13-7-15-9-16(13)8-11/h1-9H. The molecule has 16 heavy (non-hydrogen) atoms. The molecule has 0 aliphatic rings. The minimum atomic E-state index is 0.753. The van der Waals surface area contributed by atoms with Crippen LogP contribution in [0.4, 0.5) is 0 Å². The second-order valence-electron chi connectivity index (χ2n) is 3.65. The quantitative estimate of drug-likeness (QED) is 0.621. The van der Waals surface area contributed by atoms with Crippen molar-refractivity contribution >= 4 is 17.1 Å². The maximum Gasteiger partial charge on any atom is 0.0992 e. The Morgan fingerprint density at radius 3 is 2.88 bits per heavy atom. The molecular weight excluding hydrogens is 220 g/mol. The lowest BCUT2D eigenvalue weighted by Gasteiger charge is -2.03. The van der Waals surface area contributed by atoms with Gasteiger partial charge in [-0.2, -0.15) is 0 Å². The van der Waals surface area contributed by atoms with Crippen molar-refractivity contribution in [3.05, 3.63) is 60.1 Å². The van der Waals surface area contributed by atoms with E-state index in [0.717, 1.165) is 21.7 Å². The van der Waals surface area contributed by atoms with E-state index in [2.05, 4.69) is 11.1 Å². The Morgan fingerprint density at radius 1 is 1.06 bits per heavy atom. The van der Waals surface area contributed by atoms with E-state index in [4.69, 9.17) is 11.6 Å². The molecule has 3 rings (SSSR count). The first-order chi connectivity index (χ1) is 7.83. The third-order valence-corrected chi connectivity index (χ3v) is 2.80. The molecule has 0 saturated carbocycles. The predicted molar refractivity (Wildman–Crippen MR) is 65.6 cm³/mol. The van der Waals surface area contributed by atoms with Crippen LogP contribution in [0.5, 0.6) is 0 Å². The van der Waals surface area contributed by atoms with Crippen LogP contribution in [-0.2, 0) is 0 Å². The van der Waals surface area contributed by atoms with Gasteiger partial charge in [-0.05, 0) is 29.3 Å². The van der Waals surface area contributed by atoms with Crippen molar-refractivity contribution in [2.45, 2.75) is 0 Å². The summed E-state index contributed by atoms with van der Waals surface area (Å²) in [6, 6.07) is 12.0. The van der Waals surface area contributed by atoms with Gasteiger partial charge < -0.3 is 4.40 Å². The molecule has 0 amide bonds. The largest absolute Gasteiger partial charge is 0.306 e. The lowest BCUT2D eigenvalue weighted by Crippen LogP contribution is -1.84. The van der Waals surface area contributed by atoms with E-state index in [1.165, 1.54) is 0 Å². The minimum Gasteiger partial charge on any atom is -0.306 e. The smallest absolute Gasteiger partial charge is 0.0992 e. The highest BCUT2D eigenvalue weighted by atomic mass is 35.5. The number of rotatable bonds is 1. The van der Waals surface area contributed by atoms with Crippen LogP contribution >= 0.6 is 11.6 Å². The van der Waals surface area contributed by atoms with Crippen molar-refractivity contribution in [3.8, 4) is 11.1 Å². The maximum atomic E-state index is 5.97. The Labute approximate surface area is 98.1 Å². The van der Waals surface area contributed by atoms with Gasteiger partial charge in [0.05, 0.1) is 18.0 Å². The van der Waals surface area contributed by atoms with Crippen LogP contribution in [-0.4, -0.2) is 9.38 Å². The predicted octanol–water partition coefficient (Wildman–Crippen LogP) is 3.65. The van der Waals surface area contributed by atoms with Crippen LogP contribution < -0.4 is 0 Å². The Bertz CT molecular complexity index is 643. The second kappa shape index (κ2) is 3.65. The van der Waals surface area contributed by atoms with Crippen molar-refractivity contribution in [2.75, 3.05) is 0 Å². The molecule has 2 heterocycles. The number of benzene rings is 1. The van der Waals surface area contributed by atoms with Gasteiger partial charge in [0.2, 0.25) is 0 Å². The van der Waals surface area contributed by atoms with Gasteiger partial charge in [-0.3, -0.25) is 0 Å². The Hall–Kier alpha value is -1.80. The SMILES string of the molecule is Clc1cccc(-c2ccc3cncn3c2)c1. The summed E-state index contributed by atoms with van der Waals surface area (Å²) >= 11 is 5.97. The van der Waals surface area contributed by atoms with Crippen LogP contribution in [0.1, 0.15) is 0 Å². The fourth-order valence-electron chi connectivity index (χ4n) is 1.76. The molecule has 0 unspecified atom stereocenters. The molecule has 2 aromatic heterocycles. The fraction of sp³-hybridized carbons (Fsp3) is 0. The molecule has 0 aliphatic heterocycles. The minimum absolute atomic E-state index is 0.753. The summed E-state index contributed by atoms with van der Waals surface area (Å²) in [7, 11) is 0. The number of aromatic nitrogens is 2. The van der Waals surface area contributed by atoms with E-state index in [0.29, 0.717) is 0 Å². The number of imidazole rings is 1. The maximum absolute atomic E-state index is 5.97. The molecule has 78 valence electrons. The van der Waals surface area contributed by atoms with Gasteiger partial charge in [-0.1, -0.05) is 29.8 Å². The molecular formula is C13H9ClN2. The van der Waals surface area contributed by atoms with Gasteiger partial charge in [-0.15, -0.1) is 0 Å². The Morgan fingerprint density at radius 2 is 2.00 bits per heavy atom. The Kier molecular flexibility index (Phi) is 2.15. The van der Waals surface area contributed by atoms with Crippen LogP contribution in [0.2, 0.25) is 5.02 Å². The lowest BCUT2D eigenvalue weighted by atomic mass is 10.1. The zero-order valence-electron chi connectivity index (χ0n) is 8.47. The summed E-state index contributed by atoms with van der Waals surface area (Å²) in [5.74, 6) is 0. The molecule has 3 heteroatoms. The molecule has 0 atom stereocenters. The third kappa shape index (κ3) is 1.57. The van der Waals surface area contributed by atoms with Gasteiger partial charge in [0.15, 0.2) is 0 Å². The van der Waals surface area contributed by atoms with Crippen molar-refractivity contribution in [1.82, 2.24) is 9.38 Å². The molecule has 0 bridgehead atoms. The number of nitrogens with zero attached hydrogens (tertiary/aromatic N) is 2. The van der Waals surface area contributed by atoms with E-state index >= 15 is 0 Å². The molecule has 0 saturated heterocycles. The van der Waals surface area contributed by atoms with Gasteiger partial charge >= 0.3 is 0 Å². The van der Waals surface area contributed by atoms with Crippen LogP contribution in [0, 0.1) is 0 Å². The number of halogens is 1. The van der Waals surface area contributed by atoms with Crippen LogP contribution in [0.3, 0.4) is 0 Å². The zero-order chi connectivity index (χ0) is 11.0. The molecule has 0 spiro atoms. The summed E-state index contributed by atoms with van der Waals surface area (Å²) in [4.78, 5) is 4.09. The van der Waals surface area contributed by atoms with Crippen molar-refractivity contribution in [1.29, 1.82) is 0 Å². The summed E-state index contributed by atoms with van der Waals surface area (Å²) in [5, 5.41) is 0.753. The van der Waals surface area contributed by atoms with E-state index in [-0.39, 0.29) is 0 Å². The Balaban J connectivity index is 2.18. The third-order valence-electron chi connectivity index (χ3n) is 2.57. The van der Waals surface area contributed by atoms with E-state index in [9.17, 15) is 0 Å². The van der Waals surface area contributed by atoms with E-state index in [1.54, 1.807) is 6.33 Å². The van der Waals surface area contributed by atoms with E-state index < -0.39 is 0 Å². The molecule has 2 nitrogen and oxygen atoms in total. The second-order valence-corrected chi connectivity index (χ2v) is 4.09. The molecule has 0 N–H and O–H groups in total. The number of fused-ring (bicyclic) bond motifs is 1. The van der Waals surface area contributed by atoms with Gasteiger partial charge in [0.25, 0.3) is 0 Å². The topological polar surface area (TPSA) is 17.3 Å². The lowest BCUT2D eigenvalue weighted by molar-refractivity contribution is 1.16. The monoisotopic (exact) mass is 228 g/mol. The number of pyridine rings is 1. The summed E-state index contributed by atoms with van der Waals surface area (Å²) in [5.41, 5.74) is 3.34. The summed E-state index contributed by atoms with van der Waals surface area (Å²) in [6.45, 7) is 0. The molecule has 0 fully saturated rings. The average molecular weight is 229 g/mol. The van der Waals surface area contributed by atoms with Gasteiger partial charge in [0.1, 0.15) is 0 Å². The average Bonchev–Trinajstić information content (AvgIpc) is 2.75. The number of hydrogen-bond donors (Lipinski definition) is 0. The van der Waals surface area contributed by atoms with Gasteiger partial charge in [0, 0.05) is 11.2 Å². The first-order valence-electron chi connectivity index (χ1n) is 5.00. The molecule has 1 aromatic carbocycles.